The molecule has 2 aliphatic carbocycles. The third kappa shape index (κ3) is 3.47. The summed E-state index contributed by atoms with van der Waals surface area (Å²) >= 11 is 0. The molecule has 1 saturated heterocycles. The predicted octanol–water partition coefficient (Wildman–Crippen LogP) is 3.91. The van der Waals surface area contributed by atoms with Gasteiger partial charge in [0.2, 0.25) is 0 Å². The lowest BCUT2D eigenvalue weighted by Crippen LogP contribution is -2.60. The first-order valence-corrected chi connectivity index (χ1v) is 9.54. The van der Waals surface area contributed by atoms with Crippen molar-refractivity contribution in [2.45, 2.75) is 84.3 Å². The number of nitrogens with one attached hydrogen (secondary N) is 1. The van der Waals surface area contributed by atoms with Crippen LogP contribution in [0.4, 0.5) is 0 Å². The highest BCUT2D eigenvalue weighted by atomic mass is 15.2. The van der Waals surface area contributed by atoms with Gasteiger partial charge in [-0.2, -0.15) is 0 Å². The summed E-state index contributed by atoms with van der Waals surface area (Å²) in [6.45, 7) is 12.3. The van der Waals surface area contributed by atoms with Gasteiger partial charge in [-0.25, -0.2) is 0 Å². The lowest BCUT2D eigenvalue weighted by Gasteiger charge is -2.50. The minimum Gasteiger partial charge on any atom is -0.311 e. The van der Waals surface area contributed by atoms with E-state index in [-0.39, 0.29) is 0 Å². The van der Waals surface area contributed by atoms with Crippen LogP contribution in [0.3, 0.4) is 0 Å². The monoisotopic (exact) mass is 292 g/mol. The van der Waals surface area contributed by atoms with Crippen LogP contribution in [0.2, 0.25) is 0 Å². The quantitative estimate of drug-likeness (QED) is 0.848. The smallest absolute Gasteiger partial charge is 0.0151 e. The summed E-state index contributed by atoms with van der Waals surface area (Å²) in [7, 11) is 0. The fourth-order valence-electron chi connectivity index (χ4n) is 5.14. The van der Waals surface area contributed by atoms with Crippen molar-refractivity contribution in [1.82, 2.24) is 10.2 Å². The van der Waals surface area contributed by atoms with E-state index in [4.69, 9.17) is 0 Å². The summed E-state index contributed by atoms with van der Waals surface area (Å²) in [5.41, 5.74) is 0. The van der Waals surface area contributed by atoms with Crippen molar-refractivity contribution in [2.24, 2.45) is 23.7 Å². The molecule has 5 atom stereocenters. The van der Waals surface area contributed by atoms with E-state index in [1.165, 1.54) is 51.6 Å². The van der Waals surface area contributed by atoms with Crippen LogP contribution in [0.15, 0.2) is 0 Å². The molecule has 1 N–H and O–H groups in total. The third-order valence-corrected chi connectivity index (χ3v) is 6.86. The molecule has 0 amide bonds. The van der Waals surface area contributed by atoms with Gasteiger partial charge in [-0.3, -0.25) is 0 Å². The molecular formula is C19H36N2. The van der Waals surface area contributed by atoms with Crippen molar-refractivity contribution in [3.05, 3.63) is 0 Å². The largest absolute Gasteiger partial charge is 0.311 e. The average molecular weight is 293 g/mol. The molecule has 21 heavy (non-hydrogen) atoms. The van der Waals surface area contributed by atoms with Crippen LogP contribution < -0.4 is 5.32 Å². The standard InChI is InChI=1S/C19H36N2/c1-13(2)21-11-16-6-5-7-17(12-21)19(16)20-18-9-8-14(3)15(4)10-18/h13-20H,5-12H2,1-4H3. The lowest BCUT2D eigenvalue weighted by atomic mass is 9.71. The van der Waals surface area contributed by atoms with Crippen LogP contribution in [0, 0.1) is 23.7 Å². The minimum absolute atomic E-state index is 0.726. The molecule has 122 valence electrons. The molecule has 0 spiro atoms. The van der Waals surface area contributed by atoms with Gasteiger partial charge in [0.05, 0.1) is 0 Å². The van der Waals surface area contributed by atoms with Crippen molar-refractivity contribution in [2.75, 3.05) is 13.1 Å². The number of fused-ring (bicyclic) bond motifs is 2. The van der Waals surface area contributed by atoms with Crippen molar-refractivity contribution in [1.29, 1.82) is 0 Å². The van der Waals surface area contributed by atoms with Crippen LogP contribution in [-0.4, -0.2) is 36.1 Å². The van der Waals surface area contributed by atoms with Crippen LogP contribution in [-0.2, 0) is 0 Å². The van der Waals surface area contributed by atoms with Crippen molar-refractivity contribution in [3.63, 3.8) is 0 Å². The second-order valence-corrected chi connectivity index (χ2v) is 8.66. The molecule has 2 saturated carbocycles. The Balaban J connectivity index is 1.60. The van der Waals surface area contributed by atoms with Crippen LogP contribution in [0.25, 0.3) is 0 Å². The zero-order chi connectivity index (χ0) is 15.0. The highest BCUT2D eigenvalue weighted by Gasteiger charge is 2.41. The van der Waals surface area contributed by atoms with E-state index >= 15 is 0 Å². The highest BCUT2D eigenvalue weighted by molar-refractivity contribution is 4.97. The summed E-state index contributed by atoms with van der Waals surface area (Å²) in [6.07, 6.45) is 8.63. The maximum atomic E-state index is 4.14. The molecular weight excluding hydrogens is 256 g/mol. The molecule has 3 aliphatic rings. The predicted molar refractivity (Wildman–Crippen MR) is 90.4 cm³/mol. The normalized spacial score (nSPS) is 45.0. The minimum atomic E-state index is 0.726. The first-order valence-electron chi connectivity index (χ1n) is 9.54. The van der Waals surface area contributed by atoms with E-state index in [1.54, 1.807) is 0 Å². The maximum absolute atomic E-state index is 4.14. The number of rotatable bonds is 3. The Morgan fingerprint density at radius 3 is 2.14 bits per heavy atom. The van der Waals surface area contributed by atoms with Gasteiger partial charge < -0.3 is 10.2 Å². The SMILES string of the molecule is CC1CCC(NC2C3CCCC2CN(C(C)C)C3)CC1C. The topological polar surface area (TPSA) is 15.3 Å². The van der Waals surface area contributed by atoms with Gasteiger partial charge in [-0.05, 0) is 69.6 Å². The molecule has 0 aromatic carbocycles. The first-order chi connectivity index (χ1) is 10.0. The van der Waals surface area contributed by atoms with Gasteiger partial charge in [0.25, 0.3) is 0 Å². The van der Waals surface area contributed by atoms with Crippen LogP contribution >= 0.6 is 0 Å². The molecule has 5 unspecified atom stereocenters. The summed E-state index contributed by atoms with van der Waals surface area (Å²) in [5.74, 6) is 3.67. The number of hydrogen-bond acceptors (Lipinski definition) is 2. The Kier molecular flexibility index (Phi) is 4.95. The Labute approximate surface area is 132 Å². The van der Waals surface area contributed by atoms with Gasteiger partial charge in [0, 0.05) is 31.2 Å². The molecule has 1 aliphatic heterocycles. The van der Waals surface area contributed by atoms with Gasteiger partial charge in [0.1, 0.15) is 0 Å². The Hall–Kier alpha value is -0.0800. The van der Waals surface area contributed by atoms with Gasteiger partial charge in [-0.15, -0.1) is 0 Å². The summed E-state index contributed by atoms with van der Waals surface area (Å²) < 4.78 is 0. The Morgan fingerprint density at radius 1 is 0.905 bits per heavy atom. The van der Waals surface area contributed by atoms with Crippen molar-refractivity contribution >= 4 is 0 Å². The second-order valence-electron chi connectivity index (χ2n) is 8.66. The van der Waals surface area contributed by atoms with E-state index in [1.807, 2.05) is 0 Å². The zero-order valence-corrected chi connectivity index (χ0v) is 14.6. The molecule has 2 heteroatoms. The molecule has 3 rings (SSSR count). The van der Waals surface area contributed by atoms with Gasteiger partial charge in [0.15, 0.2) is 0 Å². The Morgan fingerprint density at radius 2 is 1.57 bits per heavy atom. The number of piperidine rings is 1. The zero-order valence-electron chi connectivity index (χ0n) is 14.6. The van der Waals surface area contributed by atoms with Crippen molar-refractivity contribution < 1.29 is 0 Å². The molecule has 1 heterocycles. The summed E-state index contributed by atoms with van der Waals surface area (Å²) in [5, 5.41) is 4.14. The van der Waals surface area contributed by atoms with Gasteiger partial charge >= 0.3 is 0 Å². The van der Waals surface area contributed by atoms with Crippen LogP contribution in [0.5, 0.6) is 0 Å². The van der Waals surface area contributed by atoms with Crippen LogP contribution in [0.1, 0.15) is 66.2 Å². The fourth-order valence-corrected chi connectivity index (χ4v) is 5.14. The molecule has 3 fully saturated rings. The van der Waals surface area contributed by atoms with Gasteiger partial charge in [-0.1, -0.05) is 20.3 Å². The van der Waals surface area contributed by atoms with E-state index in [0.29, 0.717) is 0 Å². The summed E-state index contributed by atoms with van der Waals surface area (Å²) in [4.78, 5) is 2.73. The third-order valence-electron chi connectivity index (χ3n) is 6.86. The molecule has 0 radical (unpaired) electrons. The number of hydrogen-bond donors (Lipinski definition) is 1. The number of nitrogens with zero attached hydrogens (tertiary/aromatic N) is 1. The summed E-state index contributed by atoms with van der Waals surface area (Å²) in [6, 6.07) is 2.35. The van der Waals surface area contributed by atoms with E-state index in [2.05, 4.69) is 37.9 Å². The first kappa shape index (κ1) is 15.8. The average Bonchev–Trinajstić information content (AvgIpc) is 2.42. The molecule has 0 aromatic heterocycles. The fraction of sp³-hybridized carbons (Fsp3) is 1.00. The van der Waals surface area contributed by atoms with E-state index in [0.717, 1.165) is 41.8 Å². The number of likely N-dealkylation sites (tertiary alicyclic amines) is 1. The molecule has 0 aromatic rings. The van der Waals surface area contributed by atoms with E-state index in [9.17, 15) is 0 Å². The van der Waals surface area contributed by atoms with Crippen molar-refractivity contribution in [3.8, 4) is 0 Å². The highest BCUT2D eigenvalue weighted by Crippen LogP contribution is 2.37. The molecule has 2 bridgehead atoms. The Bertz CT molecular complexity index is 326. The van der Waals surface area contributed by atoms with E-state index < -0.39 is 0 Å². The molecule has 2 nitrogen and oxygen atoms in total. The second kappa shape index (κ2) is 6.58. The lowest BCUT2D eigenvalue weighted by molar-refractivity contribution is 0.0201. The maximum Gasteiger partial charge on any atom is 0.0151 e.